The van der Waals surface area contributed by atoms with Gasteiger partial charge in [0.2, 0.25) is 5.91 Å². The molecule has 0 aliphatic heterocycles. The van der Waals surface area contributed by atoms with Gasteiger partial charge in [0.05, 0.1) is 5.69 Å². The molecular formula is C12H19N3O3S. The van der Waals surface area contributed by atoms with Crippen LogP contribution in [0.1, 0.15) is 26.5 Å². The standard InChI is InChI=1S/C12H19N3O3S/c1-7(9(16)15(4)5)13-11-14-8(6-19-11)12(2,3)10(17)18/h6-7H,1-5H3,(H,13,14)(H,17,18). The first-order valence-corrected chi connectivity index (χ1v) is 6.71. The smallest absolute Gasteiger partial charge is 0.315 e. The van der Waals surface area contributed by atoms with E-state index in [2.05, 4.69) is 10.3 Å². The molecule has 7 heteroatoms. The van der Waals surface area contributed by atoms with Gasteiger partial charge >= 0.3 is 5.97 Å². The number of likely N-dealkylation sites (N-methyl/N-ethyl adjacent to an activating group) is 1. The predicted octanol–water partition coefficient (Wildman–Crippen LogP) is 1.39. The number of aromatic nitrogens is 1. The fourth-order valence-electron chi connectivity index (χ4n) is 1.37. The van der Waals surface area contributed by atoms with Crippen LogP contribution in [0.25, 0.3) is 0 Å². The third kappa shape index (κ3) is 3.44. The van der Waals surface area contributed by atoms with Crippen molar-refractivity contribution in [1.82, 2.24) is 9.88 Å². The predicted molar refractivity (Wildman–Crippen MR) is 74.6 cm³/mol. The van der Waals surface area contributed by atoms with E-state index in [1.807, 2.05) is 0 Å². The maximum Gasteiger partial charge on any atom is 0.315 e. The van der Waals surface area contributed by atoms with Crippen molar-refractivity contribution in [1.29, 1.82) is 0 Å². The fourth-order valence-corrected chi connectivity index (χ4v) is 2.34. The normalized spacial score (nSPS) is 12.9. The SMILES string of the molecule is CC(Nc1nc(C(C)(C)C(=O)O)cs1)C(=O)N(C)C. The van der Waals surface area contributed by atoms with Crippen LogP contribution >= 0.6 is 11.3 Å². The minimum Gasteiger partial charge on any atom is -0.481 e. The second-order valence-corrected chi connectivity index (χ2v) is 5.92. The minimum atomic E-state index is -1.04. The molecule has 6 nitrogen and oxygen atoms in total. The third-order valence-electron chi connectivity index (χ3n) is 2.83. The van der Waals surface area contributed by atoms with E-state index in [1.165, 1.54) is 16.2 Å². The molecule has 1 rings (SSSR count). The van der Waals surface area contributed by atoms with Crippen LogP contribution in [0.2, 0.25) is 0 Å². The van der Waals surface area contributed by atoms with E-state index in [-0.39, 0.29) is 5.91 Å². The number of hydrogen-bond donors (Lipinski definition) is 2. The highest BCUT2D eigenvalue weighted by molar-refractivity contribution is 7.13. The summed E-state index contributed by atoms with van der Waals surface area (Å²) in [6.45, 7) is 4.94. The fraction of sp³-hybridized carbons (Fsp3) is 0.583. The molecule has 19 heavy (non-hydrogen) atoms. The van der Waals surface area contributed by atoms with Crippen molar-refractivity contribution in [2.24, 2.45) is 0 Å². The first kappa shape index (κ1) is 15.4. The number of aliphatic carboxylic acids is 1. The number of carboxylic acid groups (broad SMARTS) is 1. The van der Waals surface area contributed by atoms with Crippen LogP contribution in [-0.2, 0) is 15.0 Å². The van der Waals surface area contributed by atoms with Gasteiger partial charge < -0.3 is 15.3 Å². The molecule has 0 aliphatic carbocycles. The molecule has 2 N–H and O–H groups in total. The van der Waals surface area contributed by atoms with Crippen LogP contribution in [-0.4, -0.2) is 47.0 Å². The van der Waals surface area contributed by atoms with Crippen molar-refractivity contribution in [3.05, 3.63) is 11.1 Å². The van der Waals surface area contributed by atoms with Gasteiger partial charge in [0.15, 0.2) is 5.13 Å². The van der Waals surface area contributed by atoms with E-state index in [9.17, 15) is 9.59 Å². The second kappa shape index (κ2) is 5.56. The van der Waals surface area contributed by atoms with Gasteiger partial charge in [-0.2, -0.15) is 0 Å². The summed E-state index contributed by atoms with van der Waals surface area (Å²) in [6, 6.07) is -0.401. The number of hydrogen-bond acceptors (Lipinski definition) is 5. The number of amides is 1. The molecule has 1 unspecified atom stereocenters. The van der Waals surface area contributed by atoms with Crippen molar-refractivity contribution >= 4 is 28.3 Å². The molecule has 1 atom stereocenters. The summed E-state index contributed by atoms with van der Waals surface area (Å²) in [5.41, 5.74) is -0.553. The van der Waals surface area contributed by atoms with Crippen LogP contribution < -0.4 is 5.32 Å². The van der Waals surface area contributed by atoms with Crippen molar-refractivity contribution in [2.75, 3.05) is 19.4 Å². The van der Waals surface area contributed by atoms with Gasteiger partial charge in [-0.05, 0) is 20.8 Å². The van der Waals surface area contributed by atoms with E-state index in [0.29, 0.717) is 10.8 Å². The molecule has 1 amide bonds. The lowest BCUT2D eigenvalue weighted by Gasteiger charge is -2.18. The number of anilines is 1. The molecule has 1 heterocycles. The summed E-state index contributed by atoms with van der Waals surface area (Å²) in [5.74, 6) is -0.990. The third-order valence-corrected chi connectivity index (χ3v) is 3.60. The van der Waals surface area contributed by atoms with E-state index in [4.69, 9.17) is 5.11 Å². The summed E-state index contributed by atoms with van der Waals surface area (Å²) in [5, 5.41) is 14.4. The monoisotopic (exact) mass is 285 g/mol. The van der Waals surface area contributed by atoms with Crippen molar-refractivity contribution < 1.29 is 14.7 Å². The number of nitrogens with one attached hydrogen (secondary N) is 1. The van der Waals surface area contributed by atoms with E-state index < -0.39 is 17.4 Å². The maximum atomic E-state index is 11.7. The number of carboxylic acids is 1. The van der Waals surface area contributed by atoms with Gasteiger partial charge in [0.25, 0.3) is 0 Å². The summed E-state index contributed by atoms with van der Waals surface area (Å²) in [6.07, 6.45) is 0. The van der Waals surface area contributed by atoms with Gasteiger partial charge in [-0.15, -0.1) is 11.3 Å². The zero-order chi connectivity index (χ0) is 14.8. The Bertz CT molecular complexity index is 482. The van der Waals surface area contributed by atoms with E-state index in [0.717, 1.165) is 0 Å². The van der Waals surface area contributed by atoms with Crippen LogP contribution in [0.5, 0.6) is 0 Å². The zero-order valence-corrected chi connectivity index (χ0v) is 12.5. The van der Waals surface area contributed by atoms with Gasteiger partial charge in [0, 0.05) is 19.5 Å². The van der Waals surface area contributed by atoms with Crippen LogP contribution in [0.4, 0.5) is 5.13 Å². The molecule has 0 bridgehead atoms. The van der Waals surface area contributed by atoms with Gasteiger partial charge in [-0.25, -0.2) is 4.98 Å². The molecule has 1 aromatic rings. The number of thiazole rings is 1. The molecule has 1 aromatic heterocycles. The number of rotatable bonds is 5. The summed E-state index contributed by atoms with van der Waals surface area (Å²) in [4.78, 5) is 28.6. The second-order valence-electron chi connectivity index (χ2n) is 5.07. The van der Waals surface area contributed by atoms with Crippen molar-refractivity contribution in [3.63, 3.8) is 0 Å². The van der Waals surface area contributed by atoms with E-state index in [1.54, 1.807) is 40.2 Å². The average Bonchev–Trinajstić information content (AvgIpc) is 2.76. The van der Waals surface area contributed by atoms with Crippen LogP contribution in [0.3, 0.4) is 0 Å². The Hall–Kier alpha value is -1.63. The number of nitrogens with zero attached hydrogens (tertiary/aromatic N) is 2. The average molecular weight is 285 g/mol. The lowest BCUT2D eigenvalue weighted by atomic mass is 9.90. The number of carbonyl (C=O) groups is 2. The Kier molecular flexibility index (Phi) is 4.52. The highest BCUT2D eigenvalue weighted by Crippen LogP contribution is 2.27. The van der Waals surface area contributed by atoms with Gasteiger partial charge in [-0.1, -0.05) is 0 Å². The van der Waals surface area contributed by atoms with Gasteiger partial charge in [-0.3, -0.25) is 9.59 Å². The Morgan fingerprint density at radius 1 is 1.47 bits per heavy atom. The zero-order valence-electron chi connectivity index (χ0n) is 11.7. The molecule has 0 spiro atoms. The van der Waals surface area contributed by atoms with Crippen molar-refractivity contribution in [2.45, 2.75) is 32.2 Å². The molecular weight excluding hydrogens is 266 g/mol. The van der Waals surface area contributed by atoms with Crippen LogP contribution in [0, 0.1) is 0 Å². The Labute approximate surface area is 116 Å². The minimum absolute atomic E-state index is 0.0609. The first-order valence-electron chi connectivity index (χ1n) is 5.83. The quantitative estimate of drug-likeness (QED) is 0.854. The largest absolute Gasteiger partial charge is 0.481 e. The summed E-state index contributed by atoms with van der Waals surface area (Å²) >= 11 is 1.29. The molecule has 0 radical (unpaired) electrons. The van der Waals surface area contributed by atoms with Crippen molar-refractivity contribution in [3.8, 4) is 0 Å². The molecule has 0 saturated carbocycles. The molecule has 0 aliphatic rings. The molecule has 0 saturated heterocycles. The summed E-state index contributed by atoms with van der Waals surface area (Å²) < 4.78 is 0. The molecule has 106 valence electrons. The van der Waals surface area contributed by atoms with Crippen LogP contribution in [0.15, 0.2) is 5.38 Å². The first-order chi connectivity index (χ1) is 8.66. The van der Waals surface area contributed by atoms with E-state index >= 15 is 0 Å². The lowest BCUT2D eigenvalue weighted by molar-refractivity contribution is -0.142. The molecule has 0 aromatic carbocycles. The molecule has 0 fully saturated rings. The lowest BCUT2D eigenvalue weighted by Crippen LogP contribution is -2.36. The Morgan fingerprint density at radius 3 is 2.53 bits per heavy atom. The highest BCUT2D eigenvalue weighted by Gasteiger charge is 2.32. The number of carbonyl (C=O) groups excluding carboxylic acids is 1. The summed E-state index contributed by atoms with van der Waals surface area (Å²) in [7, 11) is 3.36. The maximum absolute atomic E-state index is 11.7. The highest BCUT2D eigenvalue weighted by atomic mass is 32.1. The topological polar surface area (TPSA) is 82.5 Å². The Balaban J connectivity index is 2.82. The Morgan fingerprint density at radius 2 is 2.05 bits per heavy atom. The van der Waals surface area contributed by atoms with Gasteiger partial charge in [0.1, 0.15) is 11.5 Å².